The van der Waals surface area contributed by atoms with Crippen LogP contribution in [0.25, 0.3) is 0 Å². The van der Waals surface area contributed by atoms with E-state index in [1.807, 2.05) is 0 Å². The van der Waals surface area contributed by atoms with E-state index in [1.165, 1.54) is 12.2 Å². The Kier molecular flexibility index (Phi) is 4.52. The Morgan fingerprint density at radius 3 is 2.53 bits per heavy atom. The lowest BCUT2D eigenvalue weighted by atomic mass is 10.1. The number of rotatable bonds is 2. The van der Waals surface area contributed by atoms with Crippen LogP contribution in [0.3, 0.4) is 0 Å². The molecule has 15 heavy (non-hydrogen) atoms. The van der Waals surface area contributed by atoms with Crippen LogP contribution in [0.5, 0.6) is 0 Å². The van der Waals surface area contributed by atoms with Gasteiger partial charge in [-0.3, -0.25) is 9.59 Å². The quantitative estimate of drug-likeness (QED) is 0.270. The van der Waals surface area contributed by atoms with Crippen LogP contribution in [-0.4, -0.2) is 12.1 Å². The van der Waals surface area contributed by atoms with E-state index in [0.29, 0.717) is 11.8 Å². The molecule has 0 saturated carbocycles. The van der Waals surface area contributed by atoms with Gasteiger partial charge in [0.1, 0.15) is 6.29 Å². The summed E-state index contributed by atoms with van der Waals surface area (Å²) in [6, 6.07) is 6.92. The predicted octanol–water partition coefficient (Wildman–Crippen LogP) is 2.39. The molecule has 0 amide bonds. The van der Waals surface area contributed by atoms with Crippen LogP contribution in [0.15, 0.2) is 40.9 Å². The molecule has 0 heterocycles. The lowest BCUT2D eigenvalue weighted by Crippen LogP contribution is -1.93. The van der Waals surface area contributed by atoms with Gasteiger partial charge in [0.05, 0.1) is 0 Å². The Balaban J connectivity index is 2.76. The summed E-state index contributed by atoms with van der Waals surface area (Å²) in [5.41, 5.74) is 0.533. The molecule has 2 nitrogen and oxygen atoms in total. The molecule has 0 N–H and O–H groups in total. The standard InChI is InChI=1S/C12H7BrO2/c13-11-7-5-10(6-8-11)12(15)4-2-1-3-9-14/h1,3,5-9H/b3-1-. The molecule has 1 rings (SSSR count). The maximum Gasteiger partial charge on any atom is 0.236 e. The van der Waals surface area contributed by atoms with E-state index in [4.69, 9.17) is 0 Å². The number of carbonyl (C=O) groups excluding carboxylic acids is 2. The highest BCUT2D eigenvalue weighted by molar-refractivity contribution is 9.10. The molecule has 0 aliphatic heterocycles. The first kappa shape index (κ1) is 11.4. The molecule has 0 aliphatic carbocycles. The second kappa shape index (κ2) is 5.94. The number of aldehydes is 1. The number of Topliss-reactive ketones (excluding diaryl/α,β-unsaturated/α-hetero) is 1. The van der Waals surface area contributed by atoms with Crippen LogP contribution < -0.4 is 0 Å². The highest BCUT2D eigenvalue weighted by Gasteiger charge is 1.99. The third kappa shape index (κ3) is 3.92. The van der Waals surface area contributed by atoms with E-state index >= 15 is 0 Å². The summed E-state index contributed by atoms with van der Waals surface area (Å²) in [5.74, 6) is 4.61. The Hall–Kier alpha value is -1.66. The molecule has 1 aromatic rings. The third-order valence-electron chi connectivity index (χ3n) is 1.55. The Labute approximate surface area is 96.1 Å². The van der Waals surface area contributed by atoms with Crippen LogP contribution in [0.4, 0.5) is 0 Å². The van der Waals surface area contributed by atoms with Crippen molar-refractivity contribution in [1.82, 2.24) is 0 Å². The lowest BCUT2D eigenvalue weighted by Gasteiger charge is -1.92. The van der Waals surface area contributed by atoms with Crippen molar-refractivity contribution in [2.75, 3.05) is 0 Å². The number of benzene rings is 1. The lowest BCUT2D eigenvalue weighted by molar-refractivity contribution is -0.104. The van der Waals surface area contributed by atoms with Crippen LogP contribution in [0.2, 0.25) is 0 Å². The average molecular weight is 263 g/mol. The summed E-state index contributed by atoms with van der Waals surface area (Å²) in [4.78, 5) is 21.3. The van der Waals surface area contributed by atoms with Gasteiger partial charge in [-0.1, -0.05) is 21.9 Å². The largest absolute Gasteiger partial charge is 0.299 e. The van der Waals surface area contributed by atoms with E-state index in [-0.39, 0.29) is 5.78 Å². The maximum absolute atomic E-state index is 11.4. The molecule has 74 valence electrons. The van der Waals surface area contributed by atoms with E-state index in [2.05, 4.69) is 27.8 Å². The van der Waals surface area contributed by atoms with E-state index < -0.39 is 0 Å². The van der Waals surface area contributed by atoms with E-state index in [0.717, 1.165) is 4.47 Å². The molecule has 0 aromatic heterocycles. The number of carbonyl (C=O) groups is 2. The number of ketones is 1. The van der Waals surface area contributed by atoms with Gasteiger partial charge in [-0.05, 0) is 42.3 Å². The van der Waals surface area contributed by atoms with Crippen LogP contribution in [0.1, 0.15) is 10.4 Å². The first-order valence-electron chi connectivity index (χ1n) is 4.16. The summed E-state index contributed by atoms with van der Waals surface area (Å²) in [6.07, 6.45) is 3.18. The molecule has 0 radical (unpaired) electrons. The fourth-order valence-corrected chi connectivity index (χ4v) is 1.13. The number of hydrogen-bond acceptors (Lipinski definition) is 2. The van der Waals surface area contributed by atoms with Gasteiger partial charge in [0, 0.05) is 10.0 Å². The molecule has 3 heteroatoms. The molecule has 0 bridgehead atoms. The second-order valence-electron chi connectivity index (χ2n) is 2.60. The first-order valence-corrected chi connectivity index (χ1v) is 4.95. The topological polar surface area (TPSA) is 34.1 Å². The van der Waals surface area contributed by atoms with Crippen molar-refractivity contribution in [1.29, 1.82) is 0 Å². The van der Waals surface area contributed by atoms with Crippen molar-refractivity contribution in [2.24, 2.45) is 0 Å². The van der Waals surface area contributed by atoms with E-state index in [9.17, 15) is 9.59 Å². The number of hydrogen-bond donors (Lipinski definition) is 0. The molecular formula is C12H7BrO2. The average Bonchev–Trinajstić information content (AvgIpc) is 2.25. The third-order valence-corrected chi connectivity index (χ3v) is 2.08. The fourth-order valence-electron chi connectivity index (χ4n) is 0.868. The SMILES string of the molecule is O=C/C=C\C#CC(=O)c1ccc(Br)cc1. The summed E-state index contributed by atoms with van der Waals surface area (Å²) < 4.78 is 0.910. The van der Waals surface area contributed by atoms with Crippen molar-refractivity contribution in [3.63, 3.8) is 0 Å². The van der Waals surface area contributed by atoms with E-state index in [1.54, 1.807) is 24.3 Å². The van der Waals surface area contributed by atoms with Gasteiger partial charge >= 0.3 is 0 Å². The molecule has 1 aromatic carbocycles. The number of halogens is 1. The predicted molar refractivity (Wildman–Crippen MR) is 61.5 cm³/mol. The zero-order chi connectivity index (χ0) is 11.1. The zero-order valence-electron chi connectivity index (χ0n) is 7.74. The molecular weight excluding hydrogens is 256 g/mol. The Morgan fingerprint density at radius 2 is 1.93 bits per heavy atom. The summed E-state index contributed by atoms with van der Waals surface area (Å²) in [7, 11) is 0. The van der Waals surface area contributed by atoms with Gasteiger partial charge < -0.3 is 0 Å². The highest BCUT2D eigenvalue weighted by Crippen LogP contribution is 2.10. The molecule has 0 unspecified atom stereocenters. The smallest absolute Gasteiger partial charge is 0.236 e. The first-order chi connectivity index (χ1) is 7.24. The minimum atomic E-state index is -0.266. The Morgan fingerprint density at radius 1 is 1.27 bits per heavy atom. The van der Waals surface area contributed by atoms with Gasteiger partial charge in [-0.25, -0.2) is 0 Å². The fraction of sp³-hybridized carbons (Fsp3) is 0. The van der Waals surface area contributed by atoms with Crippen LogP contribution in [0, 0.1) is 11.8 Å². The minimum Gasteiger partial charge on any atom is -0.299 e. The monoisotopic (exact) mass is 262 g/mol. The van der Waals surface area contributed by atoms with Gasteiger partial charge in [-0.15, -0.1) is 0 Å². The number of allylic oxidation sites excluding steroid dienone is 2. The Bertz CT molecular complexity index is 447. The van der Waals surface area contributed by atoms with Gasteiger partial charge in [0.2, 0.25) is 5.78 Å². The van der Waals surface area contributed by atoms with Crippen molar-refractivity contribution in [3.8, 4) is 11.8 Å². The van der Waals surface area contributed by atoms with Gasteiger partial charge in [-0.2, -0.15) is 0 Å². The van der Waals surface area contributed by atoms with Crippen LogP contribution >= 0.6 is 15.9 Å². The zero-order valence-corrected chi connectivity index (χ0v) is 9.32. The van der Waals surface area contributed by atoms with Crippen molar-refractivity contribution < 1.29 is 9.59 Å². The van der Waals surface area contributed by atoms with Crippen LogP contribution in [-0.2, 0) is 4.79 Å². The second-order valence-corrected chi connectivity index (χ2v) is 3.52. The highest BCUT2D eigenvalue weighted by atomic mass is 79.9. The summed E-state index contributed by atoms with van der Waals surface area (Å²) in [5, 5.41) is 0. The molecule has 0 saturated heterocycles. The molecule has 0 aliphatic rings. The molecule has 0 spiro atoms. The molecule has 0 atom stereocenters. The molecule has 0 fully saturated rings. The summed E-state index contributed by atoms with van der Waals surface area (Å²) >= 11 is 3.27. The summed E-state index contributed by atoms with van der Waals surface area (Å²) in [6.45, 7) is 0. The normalized spacial score (nSPS) is 9.40. The van der Waals surface area contributed by atoms with Crippen molar-refractivity contribution in [3.05, 3.63) is 46.5 Å². The maximum atomic E-state index is 11.4. The van der Waals surface area contributed by atoms with Gasteiger partial charge in [0.15, 0.2) is 0 Å². The van der Waals surface area contributed by atoms with Crippen molar-refractivity contribution >= 4 is 28.0 Å². The van der Waals surface area contributed by atoms with Crippen molar-refractivity contribution in [2.45, 2.75) is 0 Å². The minimum absolute atomic E-state index is 0.266. The van der Waals surface area contributed by atoms with Gasteiger partial charge in [0.25, 0.3) is 0 Å².